The van der Waals surface area contributed by atoms with Gasteiger partial charge in [0.2, 0.25) is 5.91 Å². The van der Waals surface area contributed by atoms with Crippen LogP contribution in [0.2, 0.25) is 0 Å². The SMILES string of the molecule is O=C(Cc1ccccc1)N1CCN(Cc2cccc(Oc3ccccc3)c2)CC1.O=C(O)C(=O)O. The van der Waals surface area contributed by atoms with Crippen LogP contribution in [0.1, 0.15) is 11.1 Å². The Morgan fingerprint density at radius 1 is 0.686 bits per heavy atom. The highest BCUT2D eigenvalue weighted by atomic mass is 16.5. The number of piperazine rings is 1. The first-order valence-corrected chi connectivity index (χ1v) is 11.2. The van der Waals surface area contributed by atoms with Gasteiger partial charge in [0, 0.05) is 32.7 Å². The van der Waals surface area contributed by atoms with Crippen molar-refractivity contribution in [1.29, 1.82) is 0 Å². The molecule has 1 heterocycles. The summed E-state index contributed by atoms with van der Waals surface area (Å²) in [6, 6.07) is 28.0. The van der Waals surface area contributed by atoms with Crippen molar-refractivity contribution in [3.63, 3.8) is 0 Å². The predicted octanol–water partition coefficient (Wildman–Crippen LogP) is 3.52. The number of aliphatic carboxylic acids is 2. The summed E-state index contributed by atoms with van der Waals surface area (Å²) in [5.41, 5.74) is 2.30. The van der Waals surface area contributed by atoms with Gasteiger partial charge in [0.1, 0.15) is 11.5 Å². The van der Waals surface area contributed by atoms with Gasteiger partial charge in [-0.15, -0.1) is 0 Å². The van der Waals surface area contributed by atoms with Crippen LogP contribution in [0.4, 0.5) is 0 Å². The number of hydrogen-bond acceptors (Lipinski definition) is 5. The second kappa shape index (κ2) is 12.9. The summed E-state index contributed by atoms with van der Waals surface area (Å²) in [7, 11) is 0. The van der Waals surface area contributed by atoms with E-state index < -0.39 is 11.9 Å². The van der Waals surface area contributed by atoms with E-state index in [0.717, 1.165) is 49.8 Å². The van der Waals surface area contributed by atoms with E-state index in [1.165, 1.54) is 5.56 Å². The van der Waals surface area contributed by atoms with Gasteiger partial charge in [0.05, 0.1) is 6.42 Å². The van der Waals surface area contributed by atoms with Crippen LogP contribution in [0, 0.1) is 0 Å². The zero-order valence-corrected chi connectivity index (χ0v) is 19.2. The molecule has 3 aromatic carbocycles. The Morgan fingerprint density at radius 2 is 1.23 bits per heavy atom. The van der Waals surface area contributed by atoms with E-state index in [-0.39, 0.29) is 5.91 Å². The summed E-state index contributed by atoms with van der Waals surface area (Å²) in [6.07, 6.45) is 0.486. The van der Waals surface area contributed by atoms with Crippen molar-refractivity contribution in [1.82, 2.24) is 9.80 Å². The zero-order valence-electron chi connectivity index (χ0n) is 19.2. The van der Waals surface area contributed by atoms with Crippen molar-refractivity contribution in [3.8, 4) is 11.5 Å². The first-order chi connectivity index (χ1) is 16.9. The molecule has 8 nitrogen and oxygen atoms in total. The Bertz CT molecular complexity index is 1100. The third-order valence-corrected chi connectivity index (χ3v) is 5.39. The lowest BCUT2D eigenvalue weighted by Gasteiger charge is -2.35. The van der Waals surface area contributed by atoms with E-state index in [4.69, 9.17) is 24.5 Å². The fourth-order valence-electron chi connectivity index (χ4n) is 3.63. The van der Waals surface area contributed by atoms with Gasteiger partial charge in [-0.3, -0.25) is 9.69 Å². The minimum Gasteiger partial charge on any atom is -0.473 e. The number of ether oxygens (including phenoxy) is 1. The van der Waals surface area contributed by atoms with E-state index in [2.05, 4.69) is 17.0 Å². The van der Waals surface area contributed by atoms with Crippen LogP contribution in [-0.2, 0) is 27.3 Å². The molecule has 3 aromatic rings. The number of carbonyl (C=O) groups excluding carboxylic acids is 1. The lowest BCUT2D eigenvalue weighted by Crippen LogP contribution is -2.48. The smallest absolute Gasteiger partial charge is 0.414 e. The maximum Gasteiger partial charge on any atom is 0.414 e. The van der Waals surface area contributed by atoms with Crippen molar-refractivity contribution in [2.45, 2.75) is 13.0 Å². The molecule has 0 saturated carbocycles. The van der Waals surface area contributed by atoms with Gasteiger partial charge in [-0.05, 0) is 35.4 Å². The Balaban J connectivity index is 0.000000509. The maximum absolute atomic E-state index is 12.5. The number of para-hydroxylation sites is 1. The van der Waals surface area contributed by atoms with Crippen molar-refractivity contribution in [2.24, 2.45) is 0 Å². The molecule has 35 heavy (non-hydrogen) atoms. The lowest BCUT2D eigenvalue weighted by atomic mass is 10.1. The van der Waals surface area contributed by atoms with Gasteiger partial charge in [0.25, 0.3) is 0 Å². The Morgan fingerprint density at radius 3 is 1.83 bits per heavy atom. The van der Waals surface area contributed by atoms with E-state index in [0.29, 0.717) is 6.42 Å². The molecule has 1 amide bonds. The van der Waals surface area contributed by atoms with Gasteiger partial charge in [-0.25, -0.2) is 9.59 Å². The first-order valence-electron chi connectivity index (χ1n) is 11.2. The van der Waals surface area contributed by atoms with E-state index in [1.807, 2.05) is 77.7 Å². The molecule has 8 heteroatoms. The molecule has 0 radical (unpaired) electrons. The van der Waals surface area contributed by atoms with Gasteiger partial charge >= 0.3 is 11.9 Å². The number of carboxylic acids is 2. The van der Waals surface area contributed by atoms with Crippen LogP contribution >= 0.6 is 0 Å². The normalized spacial score (nSPS) is 13.3. The van der Waals surface area contributed by atoms with E-state index >= 15 is 0 Å². The summed E-state index contributed by atoms with van der Waals surface area (Å²) in [5, 5.41) is 14.8. The highest BCUT2D eigenvalue weighted by Crippen LogP contribution is 2.22. The molecule has 0 bridgehead atoms. The average molecular weight is 477 g/mol. The monoisotopic (exact) mass is 476 g/mol. The average Bonchev–Trinajstić information content (AvgIpc) is 2.86. The van der Waals surface area contributed by atoms with Crippen molar-refractivity contribution in [3.05, 3.63) is 96.1 Å². The number of rotatable bonds is 6. The summed E-state index contributed by atoms with van der Waals surface area (Å²) >= 11 is 0. The van der Waals surface area contributed by atoms with Gasteiger partial charge in [-0.2, -0.15) is 0 Å². The summed E-state index contributed by atoms with van der Waals surface area (Å²) in [5.74, 6) is -1.74. The van der Waals surface area contributed by atoms with Crippen molar-refractivity contribution in [2.75, 3.05) is 26.2 Å². The number of carboxylic acid groups (broad SMARTS) is 2. The van der Waals surface area contributed by atoms with Crippen LogP contribution in [0.15, 0.2) is 84.9 Å². The van der Waals surface area contributed by atoms with Crippen LogP contribution in [0.5, 0.6) is 11.5 Å². The molecule has 0 atom stereocenters. The molecule has 2 N–H and O–H groups in total. The minimum atomic E-state index is -1.82. The van der Waals surface area contributed by atoms with Crippen molar-refractivity contribution >= 4 is 17.8 Å². The van der Waals surface area contributed by atoms with Crippen LogP contribution < -0.4 is 4.74 Å². The Hall–Kier alpha value is -4.17. The molecular formula is C27H28N2O6. The summed E-state index contributed by atoms with van der Waals surface area (Å²) in [6.45, 7) is 4.22. The topological polar surface area (TPSA) is 107 Å². The van der Waals surface area contributed by atoms with Crippen LogP contribution in [0.25, 0.3) is 0 Å². The van der Waals surface area contributed by atoms with Gasteiger partial charge < -0.3 is 19.8 Å². The van der Waals surface area contributed by atoms with E-state index in [9.17, 15) is 4.79 Å². The zero-order chi connectivity index (χ0) is 25.0. The second-order valence-electron chi connectivity index (χ2n) is 7.99. The molecule has 4 rings (SSSR count). The molecule has 0 unspecified atom stereocenters. The fraction of sp³-hybridized carbons (Fsp3) is 0.222. The Kier molecular flexibility index (Phi) is 9.39. The molecule has 0 spiro atoms. The molecule has 182 valence electrons. The standard InChI is InChI=1S/C25H26N2O2.C2H2O4/c28-25(19-21-8-3-1-4-9-21)27-16-14-26(15-17-27)20-22-10-7-13-24(18-22)29-23-11-5-2-6-12-23;3-1(4)2(5)6/h1-13,18H,14-17,19-20H2;(H,3,4)(H,5,6). The molecule has 0 aromatic heterocycles. The molecular weight excluding hydrogens is 448 g/mol. The molecule has 1 saturated heterocycles. The van der Waals surface area contributed by atoms with Crippen LogP contribution in [0.3, 0.4) is 0 Å². The third-order valence-electron chi connectivity index (χ3n) is 5.39. The molecule has 0 aliphatic carbocycles. The van der Waals surface area contributed by atoms with E-state index in [1.54, 1.807) is 0 Å². The number of benzene rings is 3. The number of hydrogen-bond donors (Lipinski definition) is 2. The summed E-state index contributed by atoms with van der Waals surface area (Å²) in [4.78, 5) is 35.1. The second-order valence-corrected chi connectivity index (χ2v) is 7.99. The maximum atomic E-state index is 12.5. The lowest BCUT2D eigenvalue weighted by molar-refractivity contribution is -0.159. The predicted molar refractivity (Wildman–Crippen MR) is 130 cm³/mol. The number of amides is 1. The van der Waals surface area contributed by atoms with Gasteiger partial charge in [-0.1, -0.05) is 60.7 Å². The quantitative estimate of drug-likeness (QED) is 0.524. The number of carbonyl (C=O) groups is 3. The number of nitrogens with zero attached hydrogens (tertiary/aromatic N) is 2. The third kappa shape index (κ3) is 8.60. The van der Waals surface area contributed by atoms with Crippen molar-refractivity contribution < 1.29 is 29.3 Å². The van der Waals surface area contributed by atoms with Gasteiger partial charge in [0.15, 0.2) is 0 Å². The first kappa shape index (κ1) is 25.5. The highest BCUT2D eigenvalue weighted by Gasteiger charge is 2.21. The largest absolute Gasteiger partial charge is 0.473 e. The highest BCUT2D eigenvalue weighted by molar-refractivity contribution is 6.27. The van der Waals surface area contributed by atoms with Crippen LogP contribution in [-0.4, -0.2) is 64.0 Å². The minimum absolute atomic E-state index is 0.217. The summed E-state index contributed by atoms with van der Waals surface area (Å²) < 4.78 is 5.94. The molecule has 1 aliphatic heterocycles. The Labute approximate surface area is 204 Å². The fourth-order valence-corrected chi connectivity index (χ4v) is 3.63. The molecule has 1 fully saturated rings. The molecule has 1 aliphatic rings.